The Labute approximate surface area is 200 Å². The number of halogens is 3. The van der Waals surface area contributed by atoms with E-state index >= 15 is 0 Å². The van der Waals surface area contributed by atoms with E-state index in [1.807, 2.05) is 0 Å². The number of rotatable bonds is 5. The molecule has 36 heavy (non-hydrogen) atoms. The van der Waals surface area contributed by atoms with Gasteiger partial charge in [-0.25, -0.2) is 4.79 Å². The van der Waals surface area contributed by atoms with Crippen LogP contribution in [-0.2, 0) is 6.18 Å². The number of carbonyl (C=O) groups is 1. The molecule has 0 radical (unpaired) electrons. The number of aryl methyl sites for hydroxylation is 2. The standard InChI is InChI=1S/C25H16F3NO7/c1-13-9-14(2)11-16(10-13)34-22-21(30)18-8-7-15(12-20(18)36-23(22)25(26,27)28)35-24(31)17-5-3-4-6-19(17)29(32)33/h3-12H,1-2H3. The summed E-state index contributed by atoms with van der Waals surface area (Å²) in [6, 6.07) is 12.9. The van der Waals surface area contributed by atoms with Crippen molar-refractivity contribution in [2.75, 3.05) is 0 Å². The summed E-state index contributed by atoms with van der Waals surface area (Å²) in [4.78, 5) is 35.8. The molecule has 1 heterocycles. The number of nitro benzene ring substituents is 1. The van der Waals surface area contributed by atoms with Gasteiger partial charge in [0.15, 0.2) is 0 Å². The summed E-state index contributed by atoms with van der Waals surface area (Å²) in [5.41, 5.74) is -1.05. The zero-order chi connectivity index (χ0) is 26.2. The van der Waals surface area contributed by atoms with Crippen LogP contribution in [0.25, 0.3) is 11.0 Å². The van der Waals surface area contributed by atoms with Crippen molar-refractivity contribution in [3.05, 3.63) is 103 Å². The van der Waals surface area contributed by atoms with Crippen molar-refractivity contribution >= 4 is 22.6 Å². The summed E-state index contributed by atoms with van der Waals surface area (Å²) in [5, 5.41) is 10.9. The third-order valence-corrected chi connectivity index (χ3v) is 5.03. The number of benzene rings is 3. The molecule has 0 aliphatic carbocycles. The van der Waals surface area contributed by atoms with Gasteiger partial charge in [0, 0.05) is 12.1 Å². The summed E-state index contributed by atoms with van der Waals surface area (Å²) >= 11 is 0. The van der Waals surface area contributed by atoms with E-state index in [1.54, 1.807) is 19.9 Å². The smallest absolute Gasteiger partial charge is 0.449 e. The largest absolute Gasteiger partial charge is 0.453 e. The van der Waals surface area contributed by atoms with E-state index in [0.717, 1.165) is 24.3 Å². The topological polar surface area (TPSA) is 109 Å². The Morgan fingerprint density at radius 3 is 2.28 bits per heavy atom. The molecule has 0 N–H and O–H groups in total. The monoisotopic (exact) mass is 499 g/mol. The number of para-hydroxylation sites is 1. The summed E-state index contributed by atoms with van der Waals surface area (Å²) in [5.74, 6) is -4.08. The Hall–Kier alpha value is -4.67. The van der Waals surface area contributed by atoms with Crippen LogP contribution >= 0.6 is 0 Å². The van der Waals surface area contributed by atoms with Gasteiger partial charge >= 0.3 is 12.1 Å². The van der Waals surface area contributed by atoms with E-state index in [2.05, 4.69) is 0 Å². The van der Waals surface area contributed by atoms with Crippen LogP contribution in [0.3, 0.4) is 0 Å². The number of fused-ring (bicyclic) bond motifs is 1. The number of alkyl halides is 3. The fourth-order valence-corrected chi connectivity index (χ4v) is 3.58. The molecular formula is C25H16F3NO7. The Morgan fingerprint density at radius 1 is 0.972 bits per heavy atom. The second-order valence-corrected chi connectivity index (χ2v) is 7.83. The molecule has 0 spiro atoms. The summed E-state index contributed by atoms with van der Waals surface area (Å²) in [7, 11) is 0. The summed E-state index contributed by atoms with van der Waals surface area (Å²) in [6.45, 7) is 3.45. The fraction of sp³-hybridized carbons (Fsp3) is 0.120. The molecule has 11 heteroatoms. The predicted octanol–water partition coefficient (Wildman–Crippen LogP) is 6.35. The first-order valence-electron chi connectivity index (χ1n) is 10.3. The lowest BCUT2D eigenvalue weighted by molar-refractivity contribution is -0.385. The highest BCUT2D eigenvalue weighted by Crippen LogP contribution is 2.39. The van der Waals surface area contributed by atoms with Crippen molar-refractivity contribution in [3.63, 3.8) is 0 Å². The first kappa shape index (κ1) is 24.5. The SMILES string of the molecule is Cc1cc(C)cc(Oc2c(C(F)(F)F)oc3cc(OC(=O)c4ccccc4[N+](=O)[O-])ccc3c2=O)c1. The van der Waals surface area contributed by atoms with Crippen LogP contribution in [0.15, 0.2) is 69.9 Å². The molecule has 4 aromatic rings. The highest BCUT2D eigenvalue weighted by Gasteiger charge is 2.40. The second kappa shape index (κ2) is 9.17. The van der Waals surface area contributed by atoms with Crippen LogP contribution in [0.4, 0.5) is 18.9 Å². The van der Waals surface area contributed by atoms with Gasteiger partial charge < -0.3 is 13.9 Å². The van der Waals surface area contributed by atoms with E-state index in [1.165, 1.54) is 30.3 Å². The quantitative estimate of drug-likeness (QED) is 0.136. The van der Waals surface area contributed by atoms with E-state index in [9.17, 15) is 32.9 Å². The maximum absolute atomic E-state index is 13.8. The Morgan fingerprint density at radius 2 is 1.64 bits per heavy atom. The molecule has 4 rings (SSSR count). The Bertz CT molecular complexity index is 1550. The molecule has 0 amide bonds. The van der Waals surface area contributed by atoms with Crippen LogP contribution in [0.2, 0.25) is 0 Å². The molecular weight excluding hydrogens is 483 g/mol. The number of nitro groups is 1. The van der Waals surface area contributed by atoms with Gasteiger partial charge in [-0.05, 0) is 55.3 Å². The van der Waals surface area contributed by atoms with Crippen molar-refractivity contribution in [2.45, 2.75) is 20.0 Å². The molecule has 8 nitrogen and oxygen atoms in total. The van der Waals surface area contributed by atoms with Crippen LogP contribution in [0.1, 0.15) is 27.2 Å². The third-order valence-electron chi connectivity index (χ3n) is 5.03. The molecule has 0 bridgehead atoms. The molecule has 0 saturated heterocycles. The maximum atomic E-state index is 13.8. The lowest BCUT2D eigenvalue weighted by Gasteiger charge is -2.14. The molecule has 1 aromatic heterocycles. The van der Waals surface area contributed by atoms with Gasteiger partial charge in [0.25, 0.3) is 11.4 Å². The normalized spacial score (nSPS) is 11.4. The number of ether oxygens (including phenoxy) is 2. The first-order chi connectivity index (χ1) is 16.9. The minimum Gasteiger partial charge on any atom is -0.449 e. The van der Waals surface area contributed by atoms with Crippen molar-refractivity contribution < 1.29 is 36.8 Å². The minimum absolute atomic E-state index is 0.0275. The highest BCUT2D eigenvalue weighted by atomic mass is 19.4. The molecule has 0 unspecified atom stereocenters. The number of esters is 1. The molecule has 0 saturated carbocycles. The minimum atomic E-state index is -5.08. The number of hydrogen-bond acceptors (Lipinski definition) is 7. The van der Waals surface area contributed by atoms with Gasteiger partial charge in [0.2, 0.25) is 11.2 Å². The number of carbonyl (C=O) groups excluding carboxylic acids is 1. The summed E-state index contributed by atoms with van der Waals surface area (Å²) in [6.07, 6.45) is -5.08. The van der Waals surface area contributed by atoms with E-state index in [-0.39, 0.29) is 22.4 Å². The van der Waals surface area contributed by atoms with Crippen LogP contribution in [-0.4, -0.2) is 10.9 Å². The van der Waals surface area contributed by atoms with Gasteiger partial charge in [0.05, 0.1) is 10.3 Å². The fourth-order valence-electron chi connectivity index (χ4n) is 3.58. The molecule has 3 aromatic carbocycles. The van der Waals surface area contributed by atoms with Crippen molar-refractivity contribution in [1.29, 1.82) is 0 Å². The lowest BCUT2D eigenvalue weighted by Crippen LogP contribution is -2.16. The molecule has 0 atom stereocenters. The Kier molecular flexibility index (Phi) is 6.23. The average Bonchev–Trinajstić information content (AvgIpc) is 2.79. The molecule has 0 aliphatic heterocycles. The van der Waals surface area contributed by atoms with Gasteiger partial charge in [-0.2, -0.15) is 13.2 Å². The number of hydrogen-bond donors (Lipinski definition) is 0. The van der Waals surface area contributed by atoms with E-state index < -0.39 is 45.3 Å². The van der Waals surface area contributed by atoms with E-state index in [0.29, 0.717) is 11.1 Å². The first-order valence-corrected chi connectivity index (χ1v) is 10.3. The van der Waals surface area contributed by atoms with Crippen molar-refractivity contribution in [2.24, 2.45) is 0 Å². The average molecular weight is 499 g/mol. The maximum Gasteiger partial charge on any atom is 0.453 e. The molecule has 184 valence electrons. The van der Waals surface area contributed by atoms with Gasteiger partial charge in [-0.15, -0.1) is 0 Å². The zero-order valence-electron chi connectivity index (χ0n) is 18.7. The van der Waals surface area contributed by atoms with Crippen molar-refractivity contribution in [1.82, 2.24) is 0 Å². The molecule has 0 aliphatic rings. The van der Waals surface area contributed by atoms with Crippen LogP contribution < -0.4 is 14.9 Å². The van der Waals surface area contributed by atoms with E-state index in [4.69, 9.17) is 13.9 Å². The summed E-state index contributed by atoms with van der Waals surface area (Å²) < 4.78 is 56.9. The van der Waals surface area contributed by atoms with Crippen LogP contribution in [0, 0.1) is 24.0 Å². The zero-order valence-corrected chi connectivity index (χ0v) is 18.7. The predicted molar refractivity (Wildman–Crippen MR) is 122 cm³/mol. The molecule has 0 fully saturated rings. The van der Waals surface area contributed by atoms with Gasteiger partial charge in [0.1, 0.15) is 22.6 Å². The third kappa shape index (κ3) is 4.90. The van der Waals surface area contributed by atoms with Gasteiger partial charge in [-0.3, -0.25) is 14.9 Å². The highest BCUT2D eigenvalue weighted by molar-refractivity contribution is 5.95. The second-order valence-electron chi connectivity index (χ2n) is 7.83. The van der Waals surface area contributed by atoms with Crippen LogP contribution in [0.5, 0.6) is 17.2 Å². The van der Waals surface area contributed by atoms with Crippen molar-refractivity contribution in [3.8, 4) is 17.2 Å². The number of nitrogens with zero attached hydrogens (tertiary/aromatic N) is 1. The van der Waals surface area contributed by atoms with Gasteiger partial charge in [-0.1, -0.05) is 18.2 Å². The Balaban J connectivity index is 1.77. The lowest BCUT2D eigenvalue weighted by atomic mass is 10.1.